The van der Waals surface area contributed by atoms with Gasteiger partial charge in [-0.05, 0) is 31.6 Å². The van der Waals surface area contributed by atoms with E-state index in [-0.39, 0.29) is 5.96 Å². The van der Waals surface area contributed by atoms with E-state index in [4.69, 9.17) is 10.8 Å². The van der Waals surface area contributed by atoms with Gasteiger partial charge in [0.2, 0.25) is 0 Å². The van der Waals surface area contributed by atoms with Crippen molar-refractivity contribution in [2.24, 2.45) is 5.92 Å². The topological polar surface area (TPSA) is 75.0 Å². The van der Waals surface area contributed by atoms with Crippen LogP contribution in [0.4, 0.5) is 0 Å². The molecule has 5 heteroatoms. The second kappa shape index (κ2) is 6.07. The molecule has 0 aromatic rings. The van der Waals surface area contributed by atoms with Crippen molar-refractivity contribution in [2.75, 3.05) is 13.1 Å². The Kier molecular flexibility index (Phi) is 4.44. The molecule has 1 aliphatic heterocycles. The van der Waals surface area contributed by atoms with Crippen LogP contribution in [0.15, 0.2) is 0 Å². The van der Waals surface area contributed by atoms with Crippen molar-refractivity contribution in [1.82, 2.24) is 15.5 Å². The molecule has 0 spiro atoms. The normalized spacial score (nSPS) is 24.9. The minimum Gasteiger partial charge on any atom is -0.353 e. The third kappa shape index (κ3) is 3.62. The summed E-state index contributed by atoms with van der Waals surface area (Å²) in [6.45, 7) is 4.09. The summed E-state index contributed by atoms with van der Waals surface area (Å²) in [4.78, 5) is 2.04. The second-order valence-corrected chi connectivity index (χ2v) is 5.67. The van der Waals surface area contributed by atoms with E-state index < -0.39 is 0 Å². The third-order valence-corrected chi connectivity index (χ3v) is 3.92. The number of nitrogens with zero attached hydrogens (tertiary/aromatic N) is 1. The first-order chi connectivity index (χ1) is 8.65. The first kappa shape index (κ1) is 13.2. The highest BCUT2D eigenvalue weighted by Crippen LogP contribution is 2.17. The molecular weight excluding hydrogens is 226 g/mol. The van der Waals surface area contributed by atoms with Gasteiger partial charge in [-0.1, -0.05) is 19.8 Å². The van der Waals surface area contributed by atoms with Gasteiger partial charge in [-0.2, -0.15) is 0 Å². The first-order valence-corrected chi connectivity index (χ1v) is 7.11. The number of guanidine groups is 2. The first-order valence-electron chi connectivity index (χ1n) is 7.11. The molecule has 0 bridgehead atoms. The molecule has 1 atom stereocenters. The smallest absolute Gasteiger partial charge is 0.197 e. The minimum atomic E-state index is 0.283. The van der Waals surface area contributed by atoms with Gasteiger partial charge in [0.05, 0.1) is 0 Å². The van der Waals surface area contributed by atoms with Gasteiger partial charge >= 0.3 is 0 Å². The average Bonchev–Trinajstić information content (AvgIpc) is 2.81. The SMILES string of the molecule is CC1CCCN(C(=N)NC(=N)NC2CCCC2)C1. The minimum absolute atomic E-state index is 0.283. The molecule has 0 aromatic carbocycles. The van der Waals surface area contributed by atoms with Crippen LogP contribution >= 0.6 is 0 Å². The summed E-state index contributed by atoms with van der Waals surface area (Å²) in [6, 6.07) is 0.429. The summed E-state index contributed by atoms with van der Waals surface area (Å²) in [7, 11) is 0. The Balaban J connectivity index is 1.73. The van der Waals surface area contributed by atoms with E-state index in [1.54, 1.807) is 0 Å². The fraction of sp³-hybridized carbons (Fsp3) is 0.846. The lowest BCUT2D eigenvalue weighted by atomic mass is 10.0. The van der Waals surface area contributed by atoms with Crippen LogP contribution in [-0.2, 0) is 0 Å². The highest BCUT2D eigenvalue weighted by atomic mass is 15.3. The molecule has 1 aliphatic carbocycles. The van der Waals surface area contributed by atoms with Crippen LogP contribution in [0.2, 0.25) is 0 Å². The molecule has 102 valence electrons. The Labute approximate surface area is 109 Å². The lowest BCUT2D eigenvalue weighted by Gasteiger charge is -2.33. The molecule has 18 heavy (non-hydrogen) atoms. The molecular formula is C13H25N5. The quantitative estimate of drug-likeness (QED) is 0.423. The fourth-order valence-electron chi connectivity index (χ4n) is 2.90. The second-order valence-electron chi connectivity index (χ2n) is 5.67. The van der Waals surface area contributed by atoms with Crippen LogP contribution in [0, 0.1) is 16.7 Å². The van der Waals surface area contributed by atoms with Crippen molar-refractivity contribution < 1.29 is 0 Å². The van der Waals surface area contributed by atoms with Crippen molar-refractivity contribution in [3.05, 3.63) is 0 Å². The molecule has 0 amide bonds. The monoisotopic (exact) mass is 251 g/mol. The predicted octanol–water partition coefficient (Wildman–Crippen LogP) is 1.71. The lowest BCUT2D eigenvalue weighted by molar-refractivity contribution is 0.267. The highest BCUT2D eigenvalue weighted by Gasteiger charge is 2.20. The van der Waals surface area contributed by atoms with Gasteiger partial charge in [-0.15, -0.1) is 0 Å². The van der Waals surface area contributed by atoms with E-state index in [1.807, 2.05) is 4.90 Å². The van der Waals surface area contributed by atoms with Crippen LogP contribution < -0.4 is 10.6 Å². The molecule has 1 unspecified atom stereocenters. The molecule has 4 N–H and O–H groups in total. The number of likely N-dealkylation sites (tertiary alicyclic amines) is 1. The van der Waals surface area contributed by atoms with E-state index in [2.05, 4.69) is 17.6 Å². The van der Waals surface area contributed by atoms with Crippen LogP contribution in [0.5, 0.6) is 0 Å². The van der Waals surface area contributed by atoms with Crippen LogP contribution in [-0.4, -0.2) is 36.0 Å². The van der Waals surface area contributed by atoms with Crippen molar-refractivity contribution in [3.8, 4) is 0 Å². The molecule has 1 heterocycles. The Bertz CT molecular complexity index is 309. The molecule has 1 saturated heterocycles. The number of rotatable bonds is 1. The zero-order valence-electron chi connectivity index (χ0n) is 11.3. The zero-order valence-corrected chi connectivity index (χ0v) is 11.3. The maximum absolute atomic E-state index is 8.01. The molecule has 0 radical (unpaired) electrons. The van der Waals surface area contributed by atoms with Gasteiger partial charge in [0, 0.05) is 19.1 Å². The van der Waals surface area contributed by atoms with Gasteiger partial charge in [-0.25, -0.2) is 0 Å². The van der Waals surface area contributed by atoms with Gasteiger partial charge < -0.3 is 10.2 Å². The molecule has 0 aromatic heterocycles. The lowest BCUT2D eigenvalue weighted by Crippen LogP contribution is -2.51. The predicted molar refractivity (Wildman–Crippen MR) is 74.0 cm³/mol. The maximum Gasteiger partial charge on any atom is 0.197 e. The summed E-state index contributed by atoms with van der Waals surface area (Å²) in [5.74, 6) is 1.31. The Morgan fingerprint density at radius 3 is 2.50 bits per heavy atom. The van der Waals surface area contributed by atoms with Crippen molar-refractivity contribution in [1.29, 1.82) is 10.8 Å². The van der Waals surface area contributed by atoms with Crippen LogP contribution in [0.25, 0.3) is 0 Å². The maximum atomic E-state index is 8.01. The molecule has 2 fully saturated rings. The number of piperidine rings is 1. The number of hydrogen-bond donors (Lipinski definition) is 4. The average molecular weight is 251 g/mol. The Morgan fingerprint density at radius 2 is 1.83 bits per heavy atom. The van der Waals surface area contributed by atoms with E-state index >= 15 is 0 Å². The third-order valence-electron chi connectivity index (χ3n) is 3.92. The van der Waals surface area contributed by atoms with E-state index in [0.717, 1.165) is 32.4 Å². The highest BCUT2D eigenvalue weighted by molar-refractivity contribution is 5.95. The summed E-state index contributed by atoms with van der Waals surface area (Å²) < 4.78 is 0. The standard InChI is InChI=1S/C13H25N5/c1-10-5-4-8-18(9-10)13(15)17-12(14)16-11-6-2-3-7-11/h10-11H,2-9H2,1H3,(H4,14,15,16,17). The van der Waals surface area contributed by atoms with Crippen LogP contribution in [0.3, 0.4) is 0 Å². The van der Waals surface area contributed by atoms with E-state index in [9.17, 15) is 0 Å². The van der Waals surface area contributed by atoms with E-state index in [1.165, 1.54) is 19.3 Å². The van der Waals surface area contributed by atoms with Crippen molar-refractivity contribution in [3.63, 3.8) is 0 Å². The largest absolute Gasteiger partial charge is 0.353 e. The Hall–Kier alpha value is -1.26. The zero-order chi connectivity index (χ0) is 13.0. The molecule has 1 saturated carbocycles. The number of hydrogen-bond acceptors (Lipinski definition) is 2. The summed E-state index contributed by atoms with van der Waals surface area (Å²) in [6.07, 6.45) is 7.21. The van der Waals surface area contributed by atoms with Gasteiger partial charge in [0.1, 0.15) is 0 Å². The van der Waals surface area contributed by atoms with Crippen molar-refractivity contribution >= 4 is 11.9 Å². The summed E-state index contributed by atoms with van der Waals surface area (Å²) >= 11 is 0. The molecule has 5 nitrogen and oxygen atoms in total. The van der Waals surface area contributed by atoms with Gasteiger partial charge in [-0.3, -0.25) is 16.1 Å². The van der Waals surface area contributed by atoms with Gasteiger partial charge in [0.15, 0.2) is 11.9 Å². The Morgan fingerprint density at radius 1 is 1.11 bits per heavy atom. The summed E-state index contributed by atoms with van der Waals surface area (Å²) in [5.41, 5.74) is 0. The van der Waals surface area contributed by atoms with Gasteiger partial charge in [0.25, 0.3) is 0 Å². The summed E-state index contributed by atoms with van der Waals surface area (Å²) in [5, 5.41) is 21.9. The molecule has 2 rings (SSSR count). The molecule has 2 aliphatic rings. The van der Waals surface area contributed by atoms with E-state index in [0.29, 0.717) is 17.9 Å². The van der Waals surface area contributed by atoms with Crippen LogP contribution in [0.1, 0.15) is 45.4 Å². The fourth-order valence-corrected chi connectivity index (χ4v) is 2.90. The van der Waals surface area contributed by atoms with Crippen molar-refractivity contribution in [2.45, 2.75) is 51.5 Å². The number of nitrogens with one attached hydrogen (secondary N) is 4.